The number of sulfone groups is 1. The zero-order chi connectivity index (χ0) is 22.3. The molecule has 3 rings (SSSR count). The minimum absolute atomic E-state index is 0.121. The maximum Gasteiger partial charge on any atom is 0.485 e. The standard InChI is InChI=1S/C19H22ClN3O2S.HO3P/c1-22(2)13-14-26(24,25)18-9-7-17(8-10-18)23-12-11-19(21-23)15-3-5-16(20)6-4-15;1-4(2)3/h3-10H,11-14H2,1-2H3;(H,1,2,3)/p+1. The highest BCUT2D eigenvalue weighted by molar-refractivity contribution is 7.91. The van der Waals surface area contributed by atoms with E-state index in [4.69, 9.17) is 26.0 Å². The number of hydrazone groups is 1. The van der Waals surface area contributed by atoms with E-state index in [1.54, 1.807) is 12.1 Å². The number of rotatable bonds is 6. The van der Waals surface area contributed by atoms with Crippen molar-refractivity contribution >= 4 is 41.1 Å². The lowest BCUT2D eigenvalue weighted by Crippen LogP contribution is -2.81. The molecular weight excluding hydrogens is 449 g/mol. The summed E-state index contributed by atoms with van der Waals surface area (Å²) < 4.78 is 33.3. The van der Waals surface area contributed by atoms with Crippen molar-refractivity contribution in [3.8, 4) is 0 Å². The zero-order valence-corrected chi connectivity index (χ0v) is 19.1. The van der Waals surface area contributed by atoms with Gasteiger partial charge in [-0.25, -0.2) is 8.42 Å². The van der Waals surface area contributed by atoms with Crippen LogP contribution in [-0.2, 0) is 14.4 Å². The molecule has 0 saturated heterocycles. The Morgan fingerprint density at radius 2 is 1.73 bits per heavy atom. The van der Waals surface area contributed by atoms with Crippen LogP contribution in [-0.4, -0.2) is 56.9 Å². The molecule has 0 bridgehead atoms. The fourth-order valence-electron chi connectivity index (χ4n) is 2.81. The summed E-state index contributed by atoms with van der Waals surface area (Å²) in [5.41, 5.74) is 3.18. The quantitative estimate of drug-likeness (QED) is 0.583. The first kappa shape index (κ1) is 24.4. The van der Waals surface area contributed by atoms with Crippen molar-refractivity contribution in [2.75, 3.05) is 37.9 Å². The van der Waals surface area contributed by atoms with E-state index >= 15 is 0 Å². The lowest BCUT2D eigenvalue weighted by Gasteiger charge is -2.11. The van der Waals surface area contributed by atoms with E-state index in [2.05, 4.69) is 5.10 Å². The molecule has 1 atom stereocenters. The molecule has 0 aliphatic carbocycles. The number of anilines is 1. The second-order valence-corrected chi connectivity index (χ2v) is 9.87. The molecule has 0 amide bonds. The normalized spacial score (nSPS) is 14.3. The van der Waals surface area contributed by atoms with Gasteiger partial charge in [-0.05, 0) is 67.2 Å². The van der Waals surface area contributed by atoms with Gasteiger partial charge in [0.1, 0.15) is 0 Å². The van der Waals surface area contributed by atoms with Crippen LogP contribution < -0.4 is 15.0 Å². The third kappa shape index (κ3) is 7.43. The maximum absolute atomic E-state index is 12.4. The van der Waals surface area contributed by atoms with Crippen molar-refractivity contribution in [3.05, 3.63) is 59.1 Å². The van der Waals surface area contributed by atoms with Gasteiger partial charge in [0.05, 0.1) is 29.3 Å². The van der Waals surface area contributed by atoms with Crippen LogP contribution in [0.5, 0.6) is 0 Å². The van der Waals surface area contributed by atoms with Gasteiger partial charge >= 0.3 is 8.25 Å². The molecule has 2 aromatic carbocycles. The van der Waals surface area contributed by atoms with Gasteiger partial charge < -0.3 is 9.79 Å². The largest absolute Gasteiger partial charge is 0.567 e. The number of hydrogen-bond acceptors (Lipinski definition) is 6. The van der Waals surface area contributed by atoms with Crippen molar-refractivity contribution in [3.63, 3.8) is 0 Å². The van der Waals surface area contributed by atoms with Crippen molar-refractivity contribution in [2.24, 2.45) is 0 Å². The Morgan fingerprint density at radius 1 is 1.17 bits per heavy atom. The number of benzene rings is 2. The van der Waals surface area contributed by atoms with E-state index in [9.17, 15) is 8.42 Å². The summed E-state index contributed by atoms with van der Waals surface area (Å²) in [6, 6.07) is 14.8. The number of hydrazine groups is 1. The molecule has 1 heterocycles. The average Bonchev–Trinajstić information content (AvgIpc) is 3.17. The molecule has 8 nitrogen and oxygen atoms in total. The number of nitrogens with one attached hydrogen (secondary N) is 1. The van der Waals surface area contributed by atoms with E-state index in [-0.39, 0.29) is 5.75 Å². The molecule has 0 fully saturated rings. The molecule has 0 aromatic heterocycles. The van der Waals surface area contributed by atoms with Gasteiger partial charge in [0, 0.05) is 17.1 Å². The van der Waals surface area contributed by atoms with Gasteiger partial charge in [-0.1, -0.05) is 11.6 Å². The van der Waals surface area contributed by atoms with Crippen LogP contribution in [0.15, 0.2) is 53.4 Å². The van der Waals surface area contributed by atoms with Crippen LogP contribution in [0.4, 0.5) is 5.69 Å². The third-order valence-corrected chi connectivity index (χ3v) is 6.33. The Bertz CT molecular complexity index is 992. The molecule has 162 valence electrons. The number of halogens is 1. The minimum atomic E-state index is -3.25. The first-order valence-corrected chi connectivity index (χ1v) is 12.2. The summed E-state index contributed by atoms with van der Waals surface area (Å²) in [6.07, 6.45) is 0.893. The Hall–Kier alpha value is -1.87. The number of nitrogens with zero attached hydrogens (tertiary/aromatic N) is 2. The SMILES string of the molecule is CN(C)CCS(=O)(=O)c1ccc(N2CCC(c3ccc(Cl)cc3)=[NH+]2)cc1.O=[P+]([O-])O. The van der Waals surface area contributed by atoms with Crippen molar-refractivity contribution in [2.45, 2.75) is 11.3 Å². The van der Waals surface area contributed by atoms with Crippen molar-refractivity contribution in [1.82, 2.24) is 4.90 Å². The van der Waals surface area contributed by atoms with Gasteiger partial charge in [-0.2, -0.15) is 9.90 Å². The van der Waals surface area contributed by atoms with E-state index in [1.807, 2.05) is 60.4 Å². The topological polar surface area (TPSA) is 115 Å². The van der Waals surface area contributed by atoms with Crippen LogP contribution in [0.2, 0.25) is 5.02 Å². The second kappa shape index (κ2) is 10.9. The van der Waals surface area contributed by atoms with Crippen LogP contribution in [0, 0.1) is 0 Å². The smallest absolute Gasteiger partial charge is 0.485 e. The summed E-state index contributed by atoms with van der Waals surface area (Å²) >= 11 is 5.94. The van der Waals surface area contributed by atoms with E-state index < -0.39 is 18.1 Å². The first-order chi connectivity index (χ1) is 14.1. The van der Waals surface area contributed by atoms with Crippen molar-refractivity contribution < 1.29 is 27.9 Å². The highest BCUT2D eigenvalue weighted by Gasteiger charge is 2.24. The molecule has 1 aliphatic rings. The van der Waals surface area contributed by atoms with E-state index in [1.165, 1.54) is 0 Å². The Labute approximate surface area is 182 Å². The average molecular weight is 473 g/mol. The molecule has 1 unspecified atom stereocenters. The van der Waals surface area contributed by atoms with E-state index in [0.717, 1.165) is 35.0 Å². The van der Waals surface area contributed by atoms with Gasteiger partial charge in [-0.15, -0.1) is 5.10 Å². The summed E-state index contributed by atoms with van der Waals surface area (Å²) in [6.45, 7) is 1.34. The summed E-state index contributed by atoms with van der Waals surface area (Å²) in [4.78, 5) is 17.8. The first-order valence-electron chi connectivity index (χ1n) is 9.05. The molecule has 2 aromatic rings. The number of hydrogen-bond donors (Lipinski definition) is 2. The molecule has 2 N–H and O–H groups in total. The van der Waals surface area contributed by atoms with E-state index in [0.29, 0.717) is 11.4 Å². The Morgan fingerprint density at radius 3 is 2.27 bits per heavy atom. The summed E-state index contributed by atoms with van der Waals surface area (Å²) in [5, 5.41) is 6.14. The molecule has 0 radical (unpaired) electrons. The molecule has 30 heavy (non-hydrogen) atoms. The van der Waals surface area contributed by atoms with Gasteiger partial charge in [-0.3, -0.25) is 0 Å². The van der Waals surface area contributed by atoms with Crippen LogP contribution in [0.3, 0.4) is 0 Å². The predicted octanol–water partition coefficient (Wildman–Crippen LogP) is 0.367. The monoisotopic (exact) mass is 472 g/mol. The van der Waals surface area contributed by atoms with Crippen LogP contribution >= 0.6 is 19.9 Å². The van der Waals surface area contributed by atoms with Gasteiger partial charge in [0.15, 0.2) is 9.84 Å². The van der Waals surface area contributed by atoms with Crippen molar-refractivity contribution in [1.29, 1.82) is 0 Å². The second-order valence-electron chi connectivity index (χ2n) is 6.85. The summed E-state index contributed by atoms with van der Waals surface area (Å²) in [7, 11) is -2.64. The third-order valence-electron chi connectivity index (χ3n) is 4.36. The Balaban J connectivity index is 0.000000735. The fourth-order valence-corrected chi connectivity index (χ4v) is 4.32. The molecule has 11 heteroatoms. The fraction of sp³-hybridized carbons (Fsp3) is 0.316. The molecular formula is C19H24ClN3O5PS+. The molecule has 1 aliphatic heterocycles. The molecule has 0 spiro atoms. The highest BCUT2D eigenvalue weighted by Crippen LogP contribution is 2.19. The predicted molar refractivity (Wildman–Crippen MR) is 115 cm³/mol. The highest BCUT2D eigenvalue weighted by atomic mass is 35.5. The lowest BCUT2D eigenvalue weighted by molar-refractivity contribution is -0.462. The van der Waals surface area contributed by atoms with Crippen LogP contribution in [0.1, 0.15) is 12.0 Å². The Kier molecular flexibility index (Phi) is 8.91. The lowest BCUT2D eigenvalue weighted by atomic mass is 10.1. The van der Waals surface area contributed by atoms with Gasteiger partial charge in [0.25, 0.3) is 0 Å². The van der Waals surface area contributed by atoms with Gasteiger partial charge in [0.2, 0.25) is 5.71 Å². The summed E-state index contributed by atoms with van der Waals surface area (Å²) in [5.74, 6) is 0.121. The minimum Gasteiger partial charge on any atom is -0.567 e. The van der Waals surface area contributed by atoms with Crippen LogP contribution in [0.25, 0.3) is 0 Å². The maximum atomic E-state index is 12.4. The zero-order valence-electron chi connectivity index (χ0n) is 16.7. The molecule has 0 saturated carbocycles.